The first-order valence-corrected chi connectivity index (χ1v) is 4.01. The van der Waals surface area contributed by atoms with Gasteiger partial charge in [-0.05, 0) is 25.7 Å². The second-order valence-corrected chi connectivity index (χ2v) is 3.51. The molecule has 0 spiro atoms. The molecule has 0 unspecified atom stereocenters. The van der Waals surface area contributed by atoms with Crippen LogP contribution in [0.2, 0.25) is 0 Å². The molecule has 1 rings (SSSR count). The monoisotopic (exact) mass is 139 g/mol. The van der Waals surface area contributed by atoms with E-state index >= 15 is 0 Å². The summed E-state index contributed by atoms with van der Waals surface area (Å²) in [7, 11) is 0. The predicted octanol–water partition coefficient (Wildman–Crippen LogP) is 1.81. The molecule has 1 aliphatic rings. The zero-order valence-corrected chi connectivity index (χ0v) is 7.15. The quantitative estimate of drug-likeness (QED) is 0.546. The molecule has 0 aromatic heterocycles. The van der Waals surface area contributed by atoms with E-state index < -0.39 is 0 Å². The molecular formula is C9H17N. The maximum Gasteiger partial charge on any atom is 0.00708 e. The van der Waals surface area contributed by atoms with Gasteiger partial charge in [-0.15, -0.1) is 0 Å². The molecule has 58 valence electrons. The van der Waals surface area contributed by atoms with Crippen molar-refractivity contribution < 1.29 is 0 Å². The Balaban J connectivity index is 2.57. The van der Waals surface area contributed by atoms with Crippen LogP contribution in [-0.2, 0) is 0 Å². The maximum absolute atomic E-state index is 3.98. The lowest BCUT2D eigenvalue weighted by Gasteiger charge is -2.16. The molecular weight excluding hydrogens is 122 g/mol. The SMILES string of the molecule is C=C(C)[C@H]1CN[C@H](C)[C@H]1C. The van der Waals surface area contributed by atoms with E-state index in [1.54, 1.807) is 0 Å². The highest BCUT2D eigenvalue weighted by molar-refractivity contribution is 5.04. The van der Waals surface area contributed by atoms with Crippen molar-refractivity contribution in [2.24, 2.45) is 11.8 Å². The van der Waals surface area contributed by atoms with Crippen molar-refractivity contribution in [2.75, 3.05) is 6.54 Å². The molecule has 1 nitrogen and oxygen atoms in total. The van der Waals surface area contributed by atoms with Crippen molar-refractivity contribution in [3.8, 4) is 0 Å². The molecule has 0 aromatic carbocycles. The second kappa shape index (κ2) is 2.75. The van der Waals surface area contributed by atoms with Gasteiger partial charge in [0, 0.05) is 12.6 Å². The van der Waals surface area contributed by atoms with Gasteiger partial charge in [-0.2, -0.15) is 0 Å². The highest BCUT2D eigenvalue weighted by atomic mass is 15.0. The molecule has 0 aliphatic carbocycles. The Morgan fingerprint density at radius 3 is 2.30 bits per heavy atom. The number of nitrogens with one attached hydrogen (secondary N) is 1. The van der Waals surface area contributed by atoms with Gasteiger partial charge in [0.2, 0.25) is 0 Å². The van der Waals surface area contributed by atoms with Crippen LogP contribution in [0.5, 0.6) is 0 Å². The summed E-state index contributed by atoms with van der Waals surface area (Å²) in [5.41, 5.74) is 1.32. The lowest BCUT2D eigenvalue weighted by atomic mass is 9.89. The van der Waals surface area contributed by atoms with Gasteiger partial charge in [-0.1, -0.05) is 19.1 Å². The molecule has 10 heavy (non-hydrogen) atoms. The van der Waals surface area contributed by atoms with Crippen LogP contribution in [0.25, 0.3) is 0 Å². The van der Waals surface area contributed by atoms with Gasteiger partial charge < -0.3 is 5.32 Å². The molecule has 1 saturated heterocycles. The average Bonchev–Trinajstić information content (AvgIpc) is 2.14. The molecule has 1 aliphatic heterocycles. The molecule has 1 heteroatoms. The van der Waals surface area contributed by atoms with E-state index in [4.69, 9.17) is 0 Å². The van der Waals surface area contributed by atoms with Crippen LogP contribution >= 0.6 is 0 Å². The van der Waals surface area contributed by atoms with Crippen LogP contribution in [0.4, 0.5) is 0 Å². The average molecular weight is 139 g/mol. The minimum Gasteiger partial charge on any atom is -0.313 e. The molecule has 0 bridgehead atoms. The standard InChI is InChI=1S/C9H17N/c1-6(2)9-5-10-8(4)7(9)3/h7-10H,1,5H2,2-4H3/t7-,8-,9-/m1/s1. The van der Waals surface area contributed by atoms with Gasteiger partial charge in [-0.3, -0.25) is 0 Å². The number of hydrogen-bond acceptors (Lipinski definition) is 1. The Kier molecular flexibility index (Phi) is 2.14. The van der Waals surface area contributed by atoms with Crippen LogP contribution in [0, 0.1) is 11.8 Å². The molecule has 3 atom stereocenters. The highest BCUT2D eigenvalue weighted by Crippen LogP contribution is 2.26. The molecule has 1 heterocycles. The van der Waals surface area contributed by atoms with Crippen molar-refractivity contribution in [2.45, 2.75) is 26.8 Å². The molecule has 1 fully saturated rings. The van der Waals surface area contributed by atoms with Gasteiger partial charge in [-0.25, -0.2) is 0 Å². The Morgan fingerprint density at radius 1 is 1.50 bits per heavy atom. The van der Waals surface area contributed by atoms with E-state index in [1.165, 1.54) is 5.57 Å². The third kappa shape index (κ3) is 1.24. The first kappa shape index (κ1) is 7.80. The fraction of sp³-hybridized carbons (Fsp3) is 0.778. The zero-order chi connectivity index (χ0) is 7.72. The van der Waals surface area contributed by atoms with Crippen LogP contribution in [0.1, 0.15) is 20.8 Å². The van der Waals surface area contributed by atoms with Crippen molar-refractivity contribution in [1.29, 1.82) is 0 Å². The predicted molar refractivity (Wildman–Crippen MR) is 44.9 cm³/mol. The van der Waals surface area contributed by atoms with Crippen LogP contribution < -0.4 is 5.32 Å². The van der Waals surface area contributed by atoms with E-state index in [9.17, 15) is 0 Å². The highest BCUT2D eigenvalue weighted by Gasteiger charge is 2.29. The second-order valence-electron chi connectivity index (χ2n) is 3.51. The van der Waals surface area contributed by atoms with Gasteiger partial charge in [0.1, 0.15) is 0 Å². The fourth-order valence-corrected chi connectivity index (χ4v) is 1.66. The summed E-state index contributed by atoms with van der Waals surface area (Å²) >= 11 is 0. The first-order valence-electron chi connectivity index (χ1n) is 4.01. The third-order valence-corrected chi connectivity index (χ3v) is 2.72. The van der Waals surface area contributed by atoms with E-state index in [1.807, 2.05) is 0 Å². The Bertz CT molecular complexity index is 140. The van der Waals surface area contributed by atoms with Crippen molar-refractivity contribution in [3.63, 3.8) is 0 Å². The lowest BCUT2D eigenvalue weighted by Crippen LogP contribution is -2.21. The van der Waals surface area contributed by atoms with E-state index in [0.717, 1.165) is 12.5 Å². The topological polar surface area (TPSA) is 12.0 Å². The molecule has 0 amide bonds. The van der Waals surface area contributed by atoms with Crippen LogP contribution in [-0.4, -0.2) is 12.6 Å². The minimum atomic E-state index is 0.668. The fourth-order valence-electron chi connectivity index (χ4n) is 1.66. The lowest BCUT2D eigenvalue weighted by molar-refractivity contribution is 0.452. The van der Waals surface area contributed by atoms with Crippen LogP contribution in [0.15, 0.2) is 12.2 Å². The van der Waals surface area contributed by atoms with Gasteiger partial charge in [0.25, 0.3) is 0 Å². The summed E-state index contributed by atoms with van der Waals surface area (Å²) in [6.07, 6.45) is 0. The maximum atomic E-state index is 3.98. The Labute approximate surface area is 63.5 Å². The molecule has 0 radical (unpaired) electrons. The van der Waals surface area contributed by atoms with Crippen molar-refractivity contribution in [1.82, 2.24) is 5.32 Å². The normalized spacial score (nSPS) is 40.1. The van der Waals surface area contributed by atoms with E-state index in [0.29, 0.717) is 12.0 Å². The summed E-state index contributed by atoms with van der Waals surface area (Å²) in [5, 5.41) is 3.44. The first-order chi connectivity index (χ1) is 4.63. The smallest absolute Gasteiger partial charge is 0.00708 e. The van der Waals surface area contributed by atoms with Crippen molar-refractivity contribution >= 4 is 0 Å². The summed E-state index contributed by atoms with van der Waals surface area (Å²) in [5.74, 6) is 1.47. The van der Waals surface area contributed by atoms with Crippen molar-refractivity contribution in [3.05, 3.63) is 12.2 Å². The van der Waals surface area contributed by atoms with E-state index in [-0.39, 0.29) is 0 Å². The van der Waals surface area contributed by atoms with Gasteiger partial charge in [0.15, 0.2) is 0 Å². The van der Waals surface area contributed by atoms with E-state index in [2.05, 4.69) is 32.7 Å². The minimum absolute atomic E-state index is 0.668. The Morgan fingerprint density at radius 2 is 2.10 bits per heavy atom. The zero-order valence-electron chi connectivity index (χ0n) is 7.15. The Hall–Kier alpha value is -0.300. The third-order valence-electron chi connectivity index (χ3n) is 2.72. The summed E-state index contributed by atoms with van der Waals surface area (Å²) < 4.78 is 0. The molecule has 1 N–H and O–H groups in total. The van der Waals surface area contributed by atoms with Gasteiger partial charge in [0.05, 0.1) is 0 Å². The summed E-state index contributed by atoms with van der Waals surface area (Å²) in [4.78, 5) is 0. The molecule has 0 aromatic rings. The molecule has 0 saturated carbocycles. The number of rotatable bonds is 1. The van der Waals surface area contributed by atoms with Crippen LogP contribution in [0.3, 0.4) is 0 Å². The number of hydrogen-bond donors (Lipinski definition) is 1. The van der Waals surface area contributed by atoms with Gasteiger partial charge >= 0.3 is 0 Å². The summed E-state index contributed by atoms with van der Waals surface area (Å²) in [6.45, 7) is 11.8. The largest absolute Gasteiger partial charge is 0.313 e. The summed E-state index contributed by atoms with van der Waals surface area (Å²) in [6, 6.07) is 0.668.